The van der Waals surface area contributed by atoms with Gasteiger partial charge in [0.15, 0.2) is 0 Å². The molecular weight excluding hydrogens is 411 g/mol. The second-order valence-electron chi connectivity index (χ2n) is 7.68. The first kappa shape index (κ1) is 21.2. The van der Waals surface area contributed by atoms with Crippen molar-refractivity contribution in [2.24, 2.45) is 0 Å². The highest BCUT2D eigenvalue weighted by atomic mass is 19.3. The maximum Gasteiger partial charge on any atom is 0.415 e. The van der Waals surface area contributed by atoms with Gasteiger partial charge in [0.2, 0.25) is 5.91 Å². The average molecular weight is 433 g/mol. The number of carbonyl (C=O) groups is 2. The van der Waals surface area contributed by atoms with Gasteiger partial charge in [-0.25, -0.2) is 18.0 Å². The summed E-state index contributed by atoms with van der Waals surface area (Å²) in [5.74, 6) is -0.688. The van der Waals surface area contributed by atoms with Crippen LogP contribution in [0.3, 0.4) is 0 Å². The third-order valence-corrected chi connectivity index (χ3v) is 5.51. The number of rotatable bonds is 7. The third-order valence-electron chi connectivity index (χ3n) is 5.51. The number of carbonyl (C=O) groups excluding carboxylic acids is 2. The molecule has 2 amide bonds. The summed E-state index contributed by atoms with van der Waals surface area (Å²) in [6, 6.07) is 9.79. The zero-order valence-corrected chi connectivity index (χ0v) is 16.8. The van der Waals surface area contributed by atoms with Gasteiger partial charge >= 0.3 is 6.09 Å². The molecule has 6 nitrogen and oxygen atoms in total. The van der Waals surface area contributed by atoms with Gasteiger partial charge in [-0.15, -0.1) is 0 Å². The van der Waals surface area contributed by atoms with Crippen LogP contribution in [0.15, 0.2) is 36.4 Å². The fourth-order valence-corrected chi connectivity index (χ4v) is 4.06. The summed E-state index contributed by atoms with van der Waals surface area (Å²) in [6.07, 6.45) is -2.97. The molecule has 0 spiro atoms. The zero-order chi connectivity index (χ0) is 22.1. The van der Waals surface area contributed by atoms with E-state index in [1.807, 2.05) is 0 Å². The Morgan fingerprint density at radius 1 is 1.26 bits per heavy atom. The Hall–Kier alpha value is -3.07. The third kappa shape index (κ3) is 4.36. The normalized spacial score (nSPS) is 19.4. The number of nitrogens with zero attached hydrogens (tertiary/aromatic N) is 1. The van der Waals surface area contributed by atoms with E-state index in [-0.39, 0.29) is 25.0 Å². The molecular formula is C22H22F3N3O3. The minimum absolute atomic E-state index is 0.201. The number of cyclic esters (lactones) is 1. The Morgan fingerprint density at radius 3 is 2.68 bits per heavy atom. The SMILES string of the molecule is CC(=O)NCC1OC(=O)N2c3cc(F)c(-c4ccc(CNCC(F)F)cc4)cc3C[C@@H]12. The van der Waals surface area contributed by atoms with Crippen molar-refractivity contribution < 1.29 is 27.5 Å². The molecule has 0 radical (unpaired) electrons. The van der Waals surface area contributed by atoms with Crippen molar-refractivity contribution in [2.75, 3.05) is 18.0 Å². The van der Waals surface area contributed by atoms with Crippen molar-refractivity contribution in [2.45, 2.75) is 38.5 Å². The van der Waals surface area contributed by atoms with Gasteiger partial charge in [-0.2, -0.15) is 0 Å². The van der Waals surface area contributed by atoms with Crippen molar-refractivity contribution in [1.82, 2.24) is 10.6 Å². The summed E-state index contributed by atoms with van der Waals surface area (Å²) >= 11 is 0. The van der Waals surface area contributed by atoms with Crippen LogP contribution in [0.25, 0.3) is 11.1 Å². The van der Waals surface area contributed by atoms with Crippen LogP contribution in [-0.4, -0.2) is 43.7 Å². The lowest BCUT2D eigenvalue weighted by Crippen LogP contribution is -2.40. The molecule has 1 unspecified atom stereocenters. The first-order valence-corrected chi connectivity index (χ1v) is 9.98. The molecule has 1 saturated heterocycles. The van der Waals surface area contributed by atoms with Crippen LogP contribution in [-0.2, 0) is 22.5 Å². The lowest BCUT2D eigenvalue weighted by atomic mass is 9.98. The Labute approximate surface area is 177 Å². The average Bonchev–Trinajstić information content (AvgIpc) is 3.23. The van der Waals surface area contributed by atoms with Crippen molar-refractivity contribution in [3.05, 3.63) is 53.3 Å². The number of benzene rings is 2. The van der Waals surface area contributed by atoms with Crippen LogP contribution in [0.1, 0.15) is 18.1 Å². The summed E-state index contributed by atoms with van der Waals surface area (Å²) in [5, 5.41) is 5.31. The van der Waals surface area contributed by atoms with Crippen LogP contribution < -0.4 is 15.5 Å². The highest BCUT2D eigenvalue weighted by molar-refractivity contribution is 5.94. The van der Waals surface area contributed by atoms with E-state index in [2.05, 4.69) is 10.6 Å². The number of hydrogen-bond donors (Lipinski definition) is 2. The lowest BCUT2D eigenvalue weighted by molar-refractivity contribution is -0.119. The number of ether oxygens (including phenoxy) is 1. The van der Waals surface area contributed by atoms with Gasteiger partial charge in [-0.1, -0.05) is 24.3 Å². The van der Waals surface area contributed by atoms with E-state index in [9.17, 15) is 22.8 Å². The highest BCUT2D eigenvalue weighted by Crippen LogP contribution is 2.41. The van der Waals surface area contributed by atoms with Crippen molar-refractivity contribution in [1.29, 1.82) is 0 Å². The molecule has 164 valence electrons. The predicted molar refractivity (Wildman–Crippen MR) is 108 cm³/mol. The minimum Gasteiger partial charge on any atom is -0.442 e. The number of halogens is 3. The number of fused-ring (bicyclic) bond motifs is 3. The maximum atomic E-state index is 14.9. The second-order valence-corrected chi connectivity index (χ2v) is 7.68. The van der Waals surface area contributed by atoms with Crippen LogP contribution in [0.4, 0.5) is 23.7 Å². The number of hydrogen-bond acceptors (Lipinski definition) is 4. The summed E-state index contributed by atoms with van der Waals surface area (Å²) in [6.45, 7) is 1.50. The monoisotopic (exact) mass is 433 g/mol. The fourth-order valence-electron chi connectivity index (χ4n) is 4.06. The second kappa shape index (κ2) is 8.58. The summed E-state index contributed by atoms with van der Waals surface area (Å²) in [4.78, 5) is 25.0. The first-order chi connectivity index (χ1) is 14.8. The largest absolute Gasteiger partial charge is 0.442 e. The molecule has 2 aromatic rings. The zero-order valence-electron chi connectivity index (χ0n) is 16.8. The van der Waals surface area contributed by atoms with Gasteiger partial charge in [0.1, 0.15) is 11.9 Å². The molecule has 31 heavy (non-hydrogen) atoms. The van der Waals surface area contributed by atoms with Gasteiger partial charge in [-0.05, 0) is 35.2 Å². The predicted octanol–water partition coefficient (Wildman–Crippen LogP) is 3.23. The van der Waals surface area contributed by atoms with Crippen molar-refractivity contribution >= 4 is 17.7 Å². The summed E-state index contributed by atoms with van der Waals surface area (Å²) in [7, 11) is 0. The molecule has 4 rings (SSSR count). The van der Waals surface area contributed by atoms with Crippen LogP contribution in [0, 0.1) is 5.82 Å². The van der Waals surface area contributed by atoms with E-state index in [1.54, 1.807) is 30.3 Å². The Morgan fingerprint density at radius 2 is 2.00 bits per heavy atom. The van der Waals surface area contributed by atoms with Gasteiger partial charge in [0.05, 0.1) is 24.8 Å². The molecule has 2 aromatic carbocycles. The molecule has 2 aliphatic heterocycles. The van der Waals surface area contributed by atoms with Crippen LogP contribution >= 0.6 is 0 Å². The molecule has 0 bridgehead atoms. The fraction of sp³-hybridized carbons (Fsp3) is 0.364. The maximum absolute atomic E-state index is 14.9. The molecule has 1 fully saturated rings. The topological polar surface area (TPSA) is 70.7 Å². The smallest absolute Gasteiger partial charge is 0.415 e. The first-order valence-electron chi connectivity index (χ1n) is 9.98. The Kier molecular flexibility index (Phi) is 5.86. The number of nitrogens with one attached hydrogen (secondary N) is 2. The quantitative estimate of drug-likeness (QED) is 0.704. The molecule has 0 aliphatic carbocycles. The van der Waals surface area contributed by atoms with E-state index < -0.39 is 24.4 Å². The minimum atomic E-state index is -2.41. The van der Waals surface area contributed by atoms with E-state index in [0.29, 0.717) is 29.8 Å². The van der Waals surface area contributed by atoms with Gasteiger partial charge in [-0.3, -0.25) is 9.69 Å². The standard InChI is InChI=1S/C22H22F3N3O3/c1-12(29)27-10-20-19-7-15-6-16(17(23)8-18(15)28(19)22(30)31-20)14-4-2-13(3-5-14)9-26-11-21(24)25/h2-6,8,19-21,26H,7,9-11H2,1H3,(H,27,29)/t19-,20?/m0/s1. The molecule has 2 atom stereocenters. The summed E-state index contributed by atoms with van der Waals surface area (Å²) < 4.78 is 44.7. The van der Waals surface area contributed by atoms with E-state index in [0.717, 1.165) is 11.1 Å². The van der Waals surface area contributed by atoms with Gasteiger partial charge < -0.3 is 15.4 Å². The van der Waals surface area contributed by atoms with E-state index in [4.69, 9.17) is 4.74 Å². The van der Waals surface area contributed by atoms with Crippen molar-refractivity contribution in [3.8, 4) is 11.1 Å². The molecule has 2 N–H and O–H groups in total. The molecule has 2 heterocycles. The van der Waals surface area contributed by atoms with E-state index >= 15 is 0 Å². The molecule has 0 aromatic heterocycles. The van der Waals surface area contributed by atoms with E-state index in [1.165, 1.54) is 17.9 Å². The Bertz CT molecular complexity index is 997. The lowest BCUT2D eigenvalue weighted by Gasteiger charge is -2.16. The number of anilines is 1. The van der Waals surface area contributed by atoms with Gasteiger partial charge in [0.25, 0.3) is 6.43 Å². The van der Waals surface area contributed by atoms with Crippen LogP contribution in [0.5, 0.6) is 0 Å². The van der Waals surface area contributed by atoms with Crippen LogP contribution in [0.2, 0.25) is 0 Å². The number of alkyl halides is 2. The molecule has 9 heteroatoms. The summed E-state index contributed by atoms with van der Waals surface area (Å²) in [5.41, 5.74) is 3.18. The number of amides is 2. The van der Waals surface area contributed by atoms with Gasteiger partial charge in [0, 0.05) is 19.0 Å². The molecule has 0 saturated carbocycles. The Balaban J connectivity index is 1.52. The van der Waals surface area contributed by atoms with Crippen molar-refractivity contribution in [3.63, 3.8) is 0 Å². The highest BCUT2D eigenvalue weighted by Gasteiger charge is 2.47. The molecule has 2 aliphatic rings.